The average molecular weight is 235 g/mol. The molecular weight excluding hydrogens is 214 g/mol. The van der Waals surface area contributed by atoms with Crippen molar-refractivity contribution >= 4 is 27.5 Å². The van der Waals surface area contributed by atoms with Gasteiger partial charge in [-0.25, -0.2) is 0 Å². The average Bonchev–Trinajstić information content (AvgIpc) is 2.22. The van der Waals surface area contributed by atoms with Crippen LogP contribution in [0.4, 0.5) is 0 Å². The molecule has 0 rings (SSSR count). The molecule has 0 saturated heterocycles. The van der Waals surface area contributed by atoms with Crippen LogP contribution < -0.4 is 5.32 Å². The molecule has 4 heteroatoms. The molecule has 14 heavy (non-hydrogen) atoms. The Balaban J connectivity index is 3.10. The van der Waals surface area contributed by atoms with Gasteiger partial charge in [0.1, 0.15) is 0 Å². The minimum Gasteiger partial charge on any atom is -0.356 e. The SMILES string of the molecule is CCC(=O)NCCCSSC(C)CC. The van der Waals surface area contributed by atoms with E-state index in [0.717, 1.165) is 24.0 Å². The van der Waals surface area contributed by atoms with E-state index in [1.807, 2.05) is 28.5 Å². The molecule has 0 fully saturated rings. The summed E-state index contributed by atoms with van der Waals surface area (Å²) < 4.78 is 0. The molecule has 1 amide bonds. The summed E-state index contributed by atoms with van der Waals surface area (Å²) in [6.07, 6.45) is 2.89. The van der Waals surface area contributed by atoms with Gasteiger partial charge in [0.2, 0.25) is 5.91 Å². The van der Waals surface area contributed by atoms with Crippen molar-refractivity contribution in [2.75, 3.05) is 12.3 Å². The van der Waals surface area contributed by atoms with Gasteiger partial charge in [0, 0.05) is 24.0 Å². The first-order valence-electron chi connectivity index (χ1n) is 5.25. The van der Waals surface area contributed by atoms with Crippen LogP contribution >= 0.6 is 21.6 Å². The van der Waals surface area contributed by atoms with E-state index in [-0.39, 0.29) is 5.91 Å². The molecule has 0 aromatic heterocycles. The maximum absolute atomic E-state index is 10.9. The molecule has 0 radical (unpaired) electrons. The molecular formula is C10H21NOS2. The van der Waals surface area contributed by atoms with Gasteiger partial charge in [0.25, 0.3) is 0 Å². The number of hydrogen-bond donors (Lipinski definition) is 1. The van der Waals surface area contributed by atoms with Crippen LogP contribution in [0.3, 0.4) is 0 Å². The molecule has 1 unspecified atom stereocenters. The van der Waals surface area contributed by atoms with E-state index >= 15 is 0 Å². The first-order chi connectivity index (χ1) is 6.70. The highest BCUT2D eigenvalue weighted by molar-refractivity contribution is 8.76. The number of hydrogen-bond acceptors (Lipinski definition) is 3. The van der Waals surface area contributed by atoms with Gasteiger partial charge in [-0.2, -0.15) is 0 Å². The Labute approximate surface area is 95.4 Å². The molecule has 0 bridgehead atoms. The summed E-state index contributed by atoms with van der Waals surface area (Å²) in [5.41, 5.74) is 0. The summed E-state index contributed by atoms with van der Waals surface area (Å²) in [5, 5.41) is 3.61. The van der Waals surface area contributed by atoms with E-state index in [1.165, 1.54) is 6.42 Å². The molecule has 1 N–H and O–H groups in total. The lowest BCUT2D eigenvalue weighted by molar-refractivity contribution is -0.120. The molecule has 2 nitrogen and oxygen atoms in total. The third kappa shape index (κ3) is 8.75. The predicted molar refractivity (Wildman–Crippen MR) is 67.7 cm³/mol. The van der Waals surface area contributed by atoms with Gasteiger partial charge < -0.3 is 5.32 Å². The number of carbonyl (C=O) groups is 1. The van der Waals surface area contributed by atoms with Crippen molar-refractivity contribution in [3.8, 4) is 0 Å². The summed E-state index contributed by atoms with van der Waals surface area (Å²) in [7, 11) is 3.86. The highest BCUT2D eigenvalue weighted by atomic mass is 33.1. The van der Waals surface area contributed by atoms with E-state index < -0.39 is 0 Å². The van der Waals surface area contributed by atoms with Crippen LogP contribution in [-0.2, 0) is 4.79 Å². The van der Waals surface area contributed by atoms with Crippen LogP contribution in [0.15, 0.2) is 0 Å². The van der Waals surface area contributed by atoms with Crippen molar-refractivity contribution in [3.05, 3.63) is 0 Å². The number of rotatable bonds is 8. The van der Waals surface area contributed by atoms with E-state index in [9.17, 15) is 4.79 Å². The lowest BCUT2D eigenvalue weighted by Gasteiger charge is -2.07. The topological polar surface area (TPSA) is 29.1 Å². The van der Waals surface area contributed by atoms with Crippen LogP contribution in [-0.4, -0.2) is 23.5 Å². The molecule has 1 atom stereocenters. The smallest absolute Gasteiger partial charge is 0.219 e. The zero-order valence-corrected chi connectivity index (χ0v) is 11.0. The fourth-order valence-electron chi connectivity index (χ4n) is 0.716. The normalized spacial score (nSPS) is 12.5. The molecule has 0 aliphatic rings. The second-order valence-corrected chi connectivity index (χ2v) is 6.12. The van der Waals surface area contributed by atoms with E-state index in [4.69, 9.17) is 0 Å². The molecule has 0 saturated carbocycles. The van der Waals surface area contributed by atoms with E-state index in [1.54, 1.807) is 0 Å². The van der Waals surface area contributed by atoms with Crippen LogP contribution in [0.2, 0.25) is 0 Å². The molecule has 0 spiro atoms. The summed E-state index contributed by atoms with van der Waals surface area (Å²) >= 11 is 0. The lowest BCUT2D eigenvalue weighted by Crippen LogP contribution is -2.23. The van der Waals surface area contributed by atoms with Crippen LogP contribution in [0, 0.1) is 0 Å². The summed E-state index contributed by atoms with van der Waals surface area (Å²) in [6.45, 7) is 7.15. The Morgan fingerprint density at radius 2 is 2.14 bits per heavy atom. The second-order valence-electron chi connectivity index (χ2n) is 3.19. The fraction of sp³-hybridized carbons (Fsp3) is 0.900. The minimum atomic E-state index is 0.157. The van der Waals surface area contributed by atoms with Crippen molar-refractivity contribution in [2.24, 2.45) is 0 Å². The van der Waals surface area contributed by atoms with Crippen molar-refractivity contribution in [2.45, 2.75) is 45.3 Å². The predicted octanol–water partition coefficient (Wildman–Crippen LogP) is 3.08. The van der Waals surface area contributed by atoms with E-state index in [0.29, 0.717) is 6.42 Å². The Morgan fingerprint density at radius 1 is 1.43 bits per heavy atom. The van der Waals surface area contributed by atoms with Crippen LogP contribution in [0.5, 0.6) is 0 Å². The molecule has 0 aromatic carbocycles. The molecule has 0 aliphatic heterocycles. The highest BCUT2D eigenvalue weighted by Gasteiger charge is 1.99. The third-order valence-electron chi connectivity index (χ3n) is 1.85. The third-order valence-corrected chi connectivity index (χ3v) is 5.00. The summed E-state index contributed by atoms with van der Waals surface area (Å²) in [4.78, 5) is 10.9. The molecule has 0 aliphatic carbocycles. The summed E-state index contributed by atoms with van der Waals surface area (Å²) in [5.74, 6) is 1.28. The minimum absolute atomic E-state index is 0.157. The standard InChI is InChI=1S/C10H21NOS2/c1-4-9(3)14-13-8-6-7-11-10(12)5-2/h9H,4-8H2,1-3H3,(H,11,12). The zero-order valence-electron chi connectivity index (χ0n) is 9.34. The maximum atomic E-state index is 10.9. The van der Waals surface area contributed by atoms with Gasteiger partial charge in [-0.15, -0.1) is 0 Å². The molecule has 0 heterocycles. The van der Waals surface area contributed by atoms with E-state index in [2.05, 4.69) is 19.2 Å². The number of carbonyl (C=O) groups excluding carboxylic acids is 1. The van der Waals surface area contributed by atoms with Gasteiger partial charge in [-0.1, -0.05) is 42.4 Å². The Kier molecular flexibility index (Phi) is 9.83. The lowest BCUT2D eigenvalue weighted by atomic mass is 10.4. The quantitative estimate of drug-likeness (QED) is 0.518. The summed E-state index contributed by atoms with van der Waals surface area (Å²) in [6, 6.07) is 0. The number of amides is 1. The Hall–Kier alpha value is 0.170. The van der Waals surface area contributed by atoms with Gasteiger partial charge in [0.05, 0.1) is 0 Å². The van der Waals surface area contributed by atoms with Gasteiger partial charge >= 0.3 is 0 Å². The van der Waals surface area contributed by atoms with Crippen LogP contribution in [0.1, 0.15) is 40.0 Å². The van der Waals surface area contributed by atoms with Gasteiger partial charge in [-0.3, -0.25) is 4.79 Å². The zero-order chi connectivity index (χ0) is 10.8. The van der Waals surface area contributed by atoms with Crippen molar-refractivity contribution in [1.29, 1.82) is 0 Å². The Bertz CT molecular complexity index is 153. The van der Waals surface area contributed by atoms with Crippen molar-refractivity contribution in [1.82, 2.24) is 5.32 Å². The number of nitrogens with one attached hydrogen (secondary N) is 1. The maximum Gasteiger partial charge on any atom is 0.219 e. The monoisotopic (exact) mass is 235 g/mol. The fourth-order valence-corrected chi connectivity index (χ4v) is 3.19. The van der Waals surface area contributed by atoms with Crippen LogP contribution in [0.25, 0.3) is 0 Å². The molecule has 84 valence electrons. The highest BCUT2D eigenvalue weighted by Crippen LogP contribution is 2.28. The Morgan fingerprint density at radius 3 is 2.71 bits per heavy atom. The first-order valence-corrected chi connectivity index (χ1v) is 7.63. The second kappa shape index (κ2) is 9.71. The van der Waals surface area contributed by atoms with Gasteiger partial charge in [0.15, 0.2) is 0 Å². The molecule has 0 aromatic rings. The van der Waals surface area contributed by atoms with Crippen molar-refractivity contribution in [3.63, 3.8) is 0 Å². The first kappa shape index (κ1) is 14.2. The largest absolute Gasteiger partial charge is 0.356 e. The van der Waals surface area contributed by atoms with Crippen molar-refractivity contribution < 1.29 is 4.79 Å². The van der Waals surface area contributed by atoms with Gasteiger partial charge in [-0.05, 0) is 12.8 Å².